The lowest BCUT2D eigenvalue weighted by Crippen LogP contribution is -2.58. The van der Waals surface area contributed by atoms with E-state index in [1.807, 2.05) is 24.4 Å². The van der Waals surface area contributed by atoms with Crippen LogP contribution in [0, 0.1) is 0 Å². The third kappa shape index (κ3) is 3.89. The number of amides is 2. The van der Waals surface area contributed by atoms with Gasteiger partial charge in [-0.25, -0.2) is 0 Å². The van der Waals surface area contributed by atoms with Gasteiger partial charge in [0.05, 0.1) is 10.9 Å². The van der Waals surface area contributed by atoms with Crippen molar-refractivity contribution in [3.8, 4) is 10.8 Å². The highest BCUT2D eigenvalue weighted by Crippen LogP contribution is 2.27. The molecule has 2 N–H and O–H groups in total. The Morgan fingerprint density at radius 2 is 2.37 bits per heavy atom. The predicted octanol–water partition coefficient (Wildman–Crippen LogP) is 1.20. The van der Waals surface area contributed by atoms with Crippen LogP contribution < -0.4 is 10.6 Å². The fourth-order valence-electron chi connectivity index (χ4n) is 3.83. The van der Waals surface area contributed by atoms with Crippen molar-refractivity contribution in [3.63, 3.8) is 0 Å². The number of hydrogen-bond donors (Lipinski definition) is 2. The zero-order chi connectivity index (χ0) is 18.8. The fourth-order valence-corrected chi connectivity index (χ4v) is 4.48. The van der Waals surface area contributed by atoms with Crippen LogP contribution in [0.4, 0.5) is 0 Å². The minimum Gasteiger partial charge on any atom is -0.420 e. The van der Waals surface area contributed by atoms with Gasteiger partial charge in [-0.2, -0.15) is 0 Å². The molecule has 144 valence electrons. The molecule has 0 bridgehead atoms. The summed E-state index contributed by atoms with van der Waals surface area (Å²) < 4.78 is 5.81. The topological polar surface area (TPSA) is 100 Å². The monoisotopic (exact) mass is 389 g/mol. The van der Waals surface area contributed by atoms with Gasteiger partial charge < -0.3 is 15.1 Å². The Morgan fingerprint density at radius 1 is 1.48 bits per heavy atom. The van der Waals surface area contributed by atoms with Crippen LogP contribution in [0.2, 0.25) is 0 Å². The highest BCUT2D eigenvalue weighted by atomic mass is 32.1. The van der Waals surface area contributed by atoms with Crippen molar-refractivity contribution in [1.82, 2.24) is 25.7 Å². The van der Waals surface area contributed by atoms with E-state index in [1.54, 1.807) is 11.3 Å². The number of rotatable bonds is 6. The summed E-state index contributed by atoms with van der Waals surface area (Å²) in [7, 11) is 0. The van der Waals surface area contributed by atoms with Gasteiger partial charge in [0.1, 0.15) is 0 Å². The van der Waals surface area contributed by atoms with Gasteiger partial charge in [-0.3, -0.25) is 14.5 Å². The van der Waals surface area contributed by atoms with E-state index in [0.29, 0.717) is 44.1 Å². The first-order chi connectivity index (χ1) is 13.1. The van der Waals surface area contributed by atoms with E-state index in [1.165, 1.54) is 0 Å². The zero-order valence-electron chi connectivity index (χ0n) is 15.2. The minimum atomic E-state index is -0.213. The second-order valence-electron chi connectivity index (χ2n) is 7.04. The smallest absolute Gasteiger partial charge is 0.257 e. The molecule has 2 saturated heterocycles. The van der Waals surface area contributed by atoms with Gasteiger partial charge in [-0.05, 0) is 24.3 Å². The van der Waals surface area contributed by atoms with Crippen LogP contribution in [0.15, 0.2) is 21.9 Å². The average Bonchev–Trinajstić information content (AvgIpc) is 3.37. The quantitative estimate of drug-likeness (QED) is 0.770. The molecule has 2 aliphatic heterocycles. The van der Waals surface area contributed by atoms with E-state index < -0.39 is 0 Å². The second kappa shape index (κ2) is 7.77. The maximum Gasteiger partial charge on any atom is 0.257 e. The Hall–Kier alpha value is -2.26. The lowest BCUT2D eigenvalue weighted by Gasteiger charge is -2.36. The third-order valence-corrected chi connectivity index (χ3v) is 5.93. The van der Waals surface area contributed by atoms with E-state index in [0.717, 1.165) is 11.3 Å². The fraction of sp³-hybridized carbons (Fsp3) is 0.556. The molecule has 2 aromatic rings. The molecule has 0 unspecified atom stereocenters. The van der Waals surface area contributed by atoms with Crippen molar-refractivity contribution >= 4 is 23.2 Å². The molecule has 0 radical (unpaired) electrons. The van der Waals surface area contributed by atoms with E-state index in [4.69, 9.17) is 4.42 Å². The number of nitrogens with zero attached hydrogens (tertiary/aromatic N) is 3. The van der Waals surface area contributed by atoms with Crippen LogP contribution in [0.3, 0.4) is 0 Å². The van der Waals surface area contributed by atoms with Crippen molar-refractivity contribution in [2.24, 2.45) is 0 Å². The van der Waals surface area contributed by atoms with E-state index >= 15 is 0 Å². The average molecular weight is 389 g/mol. The Labute approximate surface area is 161 Å². The highest BCUT2D eigenvalue weighted by molar-refractivity contribution is 7.13. The molecule has 3 atom stereocenters. The summed E-state index contributed by atoms with van der Waals surface area (Å²) in [5.41, 5.74) is 0. The molecule has 0 aliphatic carbocycles. The number of carbonyl (C=O) groups excluding carboxylic acids is 2. The van der Waals surface area contributed by atoms with Crippen LogP contribution in [0.5, 0.6) is 0 Å². The largest absolute Gasteiger partial charge is 0.420 e. The molecule has 0 saturated carbocycles. The number of nitrogens with one attached hydrogen (secondary N) is 2. The van der Waals surface area contributed by atoms with Gasteiger partial charge in [0, 0.05) is 38.0 Å². The molecule has 9 heteroatoms. The first-order valence-electron chi connectivity index (χ1n) is 9.33. The Bertz CT molecular complexity index is 806. The zero-order valence-corrected chi connectivity index (χ0v) is 16.0. The number of hydrogen-bond acceptors (Lipinski definition) is 7. The summed E-state index contributed by atoms with van der Waals surface area (Å²) in [6, 6.07) is 3.77. The standard InChI is InChI=1S/C18H23N5O3S/c1-2-4-15(24)20-11-7-13-17(25)19-9-12(23(13)10-11)8-16-21-22-18(26-16)14-5-3-6-27-14/h3,5-6,11-13H,2,4,7-10H2,1H3,(H,19,25)(H,20,24)/t11-,12+,13-/m0/s1. The third-order valence-electron chi connectivity index (χ3n) is 5.07. The molecule has 0 spiro atoms. The van der Waals surface area contributed by atoms with Crippen LogP contribution in [0.25, 0.3) is 10.8 Å². The molecular formula is C18H23N5O3S. The van der Waals surface area contributed by atoms with Crippen LogP contribution in [-0.2, 0) is 16.0 Å². The lowest BCUT2D eigenvalue weighted by molar-refractivity contribution is -0.129. The molecule has 0 aromatic carbocycles. The van der Waals surface area contributed by atoms with E-state index in [2.05, 4.69) is 25.7 Å². The SMILES string of the molecule is CCCC(=O)N[C@H]1C[C@H]2C(=O)NC[C@@H](Cc3nnc(-c4cccs4)o3)N2C1. The Kier molecular flexibility index (Phi) is 5.22. The number of fused-ring (bicyclic) bond motifs is 1. The van der Waals surface area contributed by atoms with Crippen molar-refractivity contribution in [2.45, 2.75) is 50.7 Å². The van der Waals surface area contributed by atoms with E-state index in [-0.39, 0.29) is 29.9 Å². The molecule has 2 aliphatic rings. The first-order valence-corrected chi connectivity index (χ1v) is 10.2. The molecular weight excluding hydrogens is 366 g/mol. The number of aromatic nitrogens is 2. The second-order valence-corrected chi connectivity index (χ2v) is 7.99. The van der Waals surface area contributed by atoms with E-state index in [9.17, 15) is 9.59 Å². The number of thiophene rings is 1. The molecule has 2 aromatic heterocycles. The van der Waals surface area contributed by atoms with Crippen LogP contribution in [0.1, 0.15) is 32.1 Å². The summed E-state index contributed by atoms with van der Waals surface area (Å²) in [6.45, 7) is 3.20. The van der Waals surface area contributed by atoms with Gasteiger partial charge in [-0.15, -0.1) is 21.5 Å². The van der Waals surface area contributed by atoms with Crippen LogP contribution in [-0.4, -0.2) is 58.1 Å². The van der Waals surface area contributed by atoms with Gasteiger partial charge in [0.2, 0.25) is 17.7 Å². The number of piperazine rings is 1. The van der Waals surface area contributed by atoms with Crippen molar-refractivity contribution in [3.05, 3.63) is 23.4 Å². The van der Waals surface area contributed by atoms with Gasteiger partial charge in [0.15, 0.2) is 0 Å². The summed E-state index contributed by atoms with van der Waals surface area (Å²) in [5.74, 6) is 1.18. The maximum atomic E-state index is 12.3. The normalized spacial score (nSPS) is 25.2. The molecule has 4 heterocycles. The summed E-state index contributed by atoms with van der Waals surface area (Å²) in [5, 5.41) is 16.3. The molecule has 2 amide bonds. The summed E-state index contributed by atoms with van der Waals surface area (Å²) in [6.07, 6.45) is 2.55. The Balaban J connectivity index is 1.43. The molecule has 27 heavy (non-hydrogen) atoms. The summed E-state index contributed by atoms with van der Waals surface area (Å²) in [4.78, 5) is 27.3. The minimum absolute atomic E-state index is 0.00441. The number of carbonyl (C=O) groups is 2. The lowest BCUT2D eigenvalue weighted by atomic mass is 10.1. The van der Waals surface area contributed by atoms with Crippen molar-refractivity contribution in [2.75, 3.05) is 13.1 Å². The van der Waals surface area contributed by atoms with Crippen molar-refractivity contribution in [1.29, 1.82) is 0 Å². The van der Waals surface area contributed by atoms with Gasteiger partial charge in [-0.1, -0.05) is 13.0 Å². The van der Waals surface area contributed by atoms with Crippen LogP contribution >= 0.6 is 11.3 Å². The first kappa shape index (κ1) is 18.1. The predicted molar refractivity (Wildman–Crippen MR) is 100 cm³/mol. The maximum absolute atomic E-state index is 12.3. The molecule has 2 fully saturated rings. The highest BCUT2D eigenvalue weighted by Gasteiger charge is 2.44. The van der Waals surface area contributed by atoms with Gasteiger partial charge in [0.25, 0.3) is 5.89 Å². The Morgan fingerprint density at radius 3 is 3.15 bits per heavy atom. The summed E-state index contributed by atoms with van der Waals surface area (Å²) >= 11 is 1.56. The molecule has 4 rings (SSSR count). The van der Waals surface area contributed by atoms with Gasteiger partial charge >= 0.3 is 0 Å². The molecule has 8 nitrogen and oxygen atoms in total. The van der Waals surface area contributed by atoms with Crippen molar-refractivity contribution < 1.29 is 14.0 Å².